The van der Waals surface area contributed by atoms with Gasteiger partial charge in [-0.05, 0) is 55.4 Å². The minimum atomic E-state index is 0. The van der Waals surface area contributed by atoms with Crippen LogP contribution in [0.25, 0.3) is 5.65 Å². The third-order valence-corrected chi connectivity index (χ3v) is 5.53. The van der Waals surface area contributed by atoms with Crippen molar-refractivity contribution in [3.8, 4) is 5.88 Å². The molecule has 0 aromatic carbocycles. The van der Waals surface area contributed by atoms with Gasteiger partial charge in [-0.1, -0.05) is 13.0 Å². The molecule has 3 heterocycles. The van der Waals surface area contributed by atoms with Gasteiger partial charge in [0, 0.05) is 32.1 Å². The molecule has 2 N–H and O–H groups in total. The maximum absolute atomic E-state index is 6.11. The number of hydrogen-bond acceptors (Lipinski definition) is 5. The largest absolute Gasteiger partial charge is 0.474 e. The first-order valence-corrected chi connectivity index (χ1v) is 10.6. The number of guanidine groups is 1. The molecule has 0 saturated heterocycles. The number of nitrogens with zero attached hydrogens (tertiary/aromatic N) is 5. The van der Waals surface area contributed by atoms with Crippen molar-refractivity contribution in [3.05, 3.63) is 54.1 Å². The molecule has 8 nitrogen and oxygen atoms in total. The van der Waals surface area contributed by atoms with E-state index < -0.39 is 0 Å². The van der Waals surface area contributed by atoms with Crippen molar-refractivity contribution in [1.29, 1.82) is 0 Å². The Labute approximate surface area is 199 Å². The molecule has 31 heavy (non-hydrogen) atoms. The molecule has 9 heteroatoms. The minimum absolute atomic E-state index is 0. The Bertz CT molecular complexity index is 998. The Morgan fingerprint density at radius 1 is 1.13 bits per heavy atom. The zero-order chi connectivity index (χ0) is 20.8. The van der Waals surface area contributed by atoms with Crippen molar-refractivity contribution in [3.63, 3.8) is 0 Å². The van der Waals surface area contributed by atoms with Crippen LogP contribution in [0.3, 0.4) is 0 Å². The second-order valence-corrected chi connectivity index (χ2v) is 7.83. The summed E-state index contributed by atoms with van der Waals surface area (Å²) in [6.07, 6.45) is 8.72. The zero-order valence-corrected chi connectivity index (χ0v) is 20.3. The van der Waals surface area contributed by atoms with Crippen molar-refractivity contribution in [2.75, 3.05) is 7.05 Å². The van der Waals surface area contributed by atoms with E-state index >= 15 is 0 Å². The summed E-state index contributed by atoms with van der Waals surface area (Å²) in [5.41, 5.74) is 1.93. The van der Waals surface area contributed by atoms with Crippen LogP contribution in [-0.2, 0) is 13.1 Å². The molecule has 0 spiro atoms. The van der Waals surface area contributed by atoms with Gasteiger partial charge in [-0.3, -0.25) is 9.39 Å². The summed E-state index contributed by atoms with van der Waals surface area (Å²) in [6.45, 7) is 3.46. The number of pyridine rings is 2. The Morgan fingerprint density at radius 2 is 1.94 bits per heavy atom. The van der Waals surface area contributed by atoms with E-state index in [2.05, 4.69) is 37.7 Å². The average Bonchev–Trinajstić information content (AvgIpc) is 3.19. The molecular formula is C22H30IN7O. The van der Waals surface area contributed by atoms with E-state index in [0.717, 1.165) is 35.8 Å². The quantitative estimate of drug-likeness (QED) is 0.285. The molecule has 4 rings (SSSR count). The predicted octanol–water partition coefficient (Wildman–Crippen LogP) is 3.57. The molecule has 1 aliphatic carbocycles. The van der Waals surface area contributed by atoms with Gasteiger partial charge in [-0.25, -0.2) is 4.98 Å². The van der Waals surface area contributed by atoms with E-state index in [4.69, 9.17) is 4.74 Å². The molecule has 0 unspecified atom stereocenters. The van der Waals surface area contributed by atoms with Crippen LogP contribution < -0.4 is 15.4 Å². The van der Waals surface area contributed by atoms with Crippen LogP contribution in [0.15, 0.2) is 47.7 Å². The van der Waals surface area contributed by atoms with Gasteiger partial charge < -0.3 is 15.4 Å². The van der Waals surface area contributed by atoms with E-state index in [1.807, 2.05) is 40.9 Å². The van der Waals surface area contributed by atoms with Gasteiger partial charge in [0.2, 0.25) is 5.88 Å². The highest BCUT2D eigenvalue weighted by atomic mass is 127. The lowest BCUT2D eigenvalue weighted by Gasteiger charge is -2.26. The highest BCUT2D eigenvalue weighted by Gasteiger charge is 2.20. The molecule has 0 amide bonds. The third kappa shape index (κ3) is 6.28. The van der Waals surface area contributed by atoms with Crippen LogP contribution in [0.5, 0.6) is 5.88 Å². The van der Waals surface area contributed by atoms with Crippen LogP contribution in [-0.4, -0.2) is 38.7 Å². The summed E-state index contributed by atoms with van der Waals surface area (Å²) >= 11 is 0. The Balaban J connectivity index is 0.00000272. The topological polar surface area (TPSA) is 88.7 Å². The highest BCUT2D eigenvalue weighted by molar-refractivity contribution is 14.0. The molecule has 0 radical (unpaired) electrons. The first kappa shape index (κ1) is 23.2. The molecule has 3 aromatic rings. The van der Waals surface area contributed by atoms with Gasteiger partial charge in [0.1, 0.15) is 6.10 Å². The average molecular weight is 535 g/mol. The van der Waals surface area contributed by atoms with Crippen LogP contribution in [0, 0.1) is 5.92 Å². The normalized spacial score (nSPS) is 19.0. The highest BCUT2D eigenvalue weighted by Crippen LogP contribution is 2.26. The smallest absolute Gasteiger partial charge is 0.213 e. The number of hydrogen-bond donors (Lipinski definition) is 2. The molecule has 0 aliphatic heterocycles. The second-order valence-electron chi connectivity index (χ2n) is 7.83. The summed E-state index contributed by atoms with van der Waals surface area (Å²) < 4.78 is 8.07. The Morgan fingerprint density at radius 3 is 2.74 bits per heavy atom. The van der Waals surface area contributed by atoms with Gasteiger partial charge in [0.05, 0.1) is 6.54 Å². The summed E-state index contributed by atoms with van der Waals surface area (Å²) in [5.74, 6) is 3.04. The van der Waals surface area contributed by atoms with Crippen LogP contribution in [0.2, 0.25) is 0 Å². The van der Waals surface area contributed by atoms with Gasteiger partial charge in [0.15, 0.2) is 17.4 Å². The lowest BCUT2D eigenvalue weighted by atomic mass is 9.89. The summed E-state index contributed by atoms with van der Waals surface area (Å²) in [6, 6.07) is 9.83. The third-order valence-electron chi connectivity index (χ3n) is 5.53. The minimum Gasteiger partial charge on any atom is -0.474 e. The zero-order valence-electron chi connectivity index (χ0n) is 18.0. The number of halogens is 1. The van der Waals surface area contributed by atoms with E-state index in [1.54, 1.807) is 13.2 Å². The van der Waals surface area contributed by atoms with Crippen LogP contribution in [0.4, 0.5) is 0 Å². The van der Waals surface area contributed by atoms with Crippen molar-refractivity contribution in [1.82, 2.24) is 30.2 Å². The molecule has 166 valence electrons. The molecule has 0 atom stereocenters. The Hall–Kier alpha value is -2.43. The van der Waals surface area contributed by atoms with E-state index in [1.165, 1.54) is 12.8 Å². The lowest BCUT2D eigenvalue weighted by Crippen LogP contribution is -2.36. The van der Waals surface area contributed by atoms with E-state index in [0.29, 0.717) is 24.9 Å². The molecular weight excluding hydrogens is 505 g/mol. The van der Waals surface area contributed by atoms with E-state index in [9.17, 15) is 0 Å². The van der Waals surface area contributed by atoms with Crippen molar-refractivity contribution >= 4 is 35.6 Å². The van der Waals surface area contributed by atoms with Gasteiger partial charge in [0.25, 0.3) is 0 Å². The summed E-state index contributed by atoms with van der Waals surface area (Å²) in [5, 5.41) is 15.0. The second kappa shape index (κ2) is 11.3. The summed E-state index contributed by atoms with van der Waals surface area (Å²) in [7, 11) is 1.75. The standard InChI is InChI=1S/C22H29N7O.HI/c1-16-6-8-18(9-7-16)30-21-13-17(10-11-24-21)14-25-22(23-2)26-15-20-28-27-19-5-3-4-12-29(19)20;/h3-5,10-13,16,18H,6-9,14-15H2,1-2H3,(H2,23,25,26);1H. The number of nitrogens with one attached hydrogen (secondary N) is 2. The molecule has 0 bridgehead atoms. The Kier molecular flexibility index (Phi) is 8.44. The number of fused-ring (bicyclic) bond motifs is 1. The van der Waals surface area contributed by atoms with Crippen molar-refractivity contribution in [2.24, 2.45) is 10.9 Å². The fourth-order valence-electron chi connectivity index (χ4n) is 3.72. The van der Waals surface area contributed by atoms with Gasteiger partial charge in [-0.2, -0.15) is 0 Å². The summed E-state index contributed by atoms with van der Waals surface area (Å²) in [4.78, 5) is 8.68. The maximum Gasteiger partial charge on any atom is 0.213 e. The fraction of sp³-hybridized carbons (Fsp3) is 0.455. The molecule has 1 fully saturated rings. The number of aromatic nitrogens is 4. The van der Waals surface area contributed by atoms with Crippen molar-refractivity contribution in [2.45, 2.75) is 51.8 Å². The predicted molar refractivity (Wildman–Crippen MR) is 132 cm³/mol. The molecule has 1 aliphatic rings. The SMILES string of the molecule is CN=C(NCc1ccnc(OC2CCC(C)CC2)c1)NCc1nnc2ccccn12.I. The number of ether oxygens (including phenoxy) is 1. The first-order chi connectivity index (χ1) is 14.7. The van der Waals surface area contributed by atoms with Gasteiger partial charge >= 0.3 is 0 Å². The lowest BCUT2D eigenvalue weighted by molar-refractivity contribution is 0.130. The number of rotatable bonds is 6. The van der Waals surface area contributed by atoms with Crippen molar-refractivity contribution < 1.29 is 4.74 Å². The molecule has 1 saturated carbocycles. The van der Waals surface area contributed by atoms with E-state index in [-0.39, 0.29) is 30.1 Å². The van der Waals surface area contributed by atoms with Gasteiger partial charge in [-0.15, -0.1) is 34.2 Å². The molecule has 3 aromatic heterocycles. The fourth-order valence-corrected chi connectivity index (χ4v) is 3.72. The maximum atomic E-state index is 6.11. The first-order valence-electron chi connectivity index (χ1n) is 10.6. The monoisotopic (exact) mass is 535 g/mol. The van der Waals surface area contributed by atoms with Crippen LogP contribution in [0.1, 0.15) is 44.0 Å². The van der Waals surface area contributed by atoms with Crippen LogP contribution >= 0.6 is 24.0 Å². The number of aliphatic imine (C=N–C) groups is 1.